The second-order valence-electron chi connectivity index (χ2n) is 5.15. The van der Waals surface area contributed by atoms with Crippen LogP contribution in [0, 0.1) is 0 Å². The maximum Gasteiger partial charge on any atom is 0.251 e. The number of carbonyl (C=O) groups excluding carboxylic acids is 1. The van der Waals surface area contributed by atoms with Crippen LogP contribution in [0.5, 0.6) is 0 Å². The van der Waals surface area contributed by atoms with Crippen LogP contribution in [-0.4, -0.2) is 54.2 Å². The van der Waals surface area contributed by atoms with Gasteiger partial charge in [-0.3, -0.25) is 4.79 Å². The fourth-order valence-electron chi connectivity index (χ4n) is 1.95. The summed E-state index contributed by atoms with van der Waals surface area (Å²) in [6.45, 7) is 2.83. The Bertz CT molecular complexity index is 416. The number of carbonyl (C=O) groups is 1. The second-order valence-corrected chi connectivity index (χ2v) is 6.23. The number of aliphatic hydroxyl groups is 1. The van der Waals surface area contributed by atoms with Gasteiger partial charge in [0.05, 0.1) is 6.61 Å². The highest BCUT2D eigenvalue weighted by Gasteiger charge is 2.18. The van der Waals surface area contributed by atoms with Crippen molar-refractivity contribution in [2.75, 3.05) is 27.0 Å². The van der Waals surface area contributed by atoms with Gasteiger partial charge in [-0.2, -0.15) is 11.8 Å². The molecule has 0 aromatic heterocycles. The van der Waals surface area contributed by atoms with E-state index >= 15 is 0 Å². The van der Waals surface area contributed by atoms with E-state index in [1.54, 1.807) is 11.8 Å². The summed E-state index contributed by atoms with van der Waals surface area (Å²) in [5, 5.41) is 12.2. The molecule has 4 nitrogen and oxygen atoms in total. The molecule has 2 N–H and O–H groups in total. The largest absolute Gasteiger partial charge is 0.395 e. The standard InChI is InChI=1S/C15H24N2O2S/c1-11(14(10-18)20-4)16-15(19)13-7-5-12(6-8-13)9-17(2)3/h5-8,11,14,18H,9-10H2,1-4H3,(H,16,19). The topological polar surface area (TPSA) is 52.6 Å². The molecule has 0 aliphatic heterocycles. The van der Waals surface area contributed by atoms with Crippen molar-refractivity contribution in [3.63, 3.8) is 0 Å². The molecule has 0 fully saturated rings. The third-order valence-corrected chi connectivity index (χ3v) is 4.28. The van der Waals surface area contributed by atoms with Crippen molar-refractivity contribution in [1.82, 2.24) is 10.2 Å². The maximum atomic E-state index is 12.1. The van der Waals surface area contributed by atoms with E-state index in [0.29, 0.717) is 5.56 Å². The highest BCUT2D eigenvalue weighted by atomic mass is 32.2. The molecule has 112 valence electrons. The van der Waals surface area contributed by atoms with E-state index in [0.717, 1.165) is 6.54 Å². The third kappa shape index (κ3) is 5.15. The molecule has 0 bridgehead atoms. The van der Waals surface area contributed by atoms with Crippen molar-refractivity contribution in [1.29, 1.82) is 0 Å². The molecule has 2 unspecified atom stereocenters. The third-order valence-electron chi connectivity index (χ3n) is 3.11. The van der Waals surface area contributed by atoms with Gasteiger partial charge in [0.1, 0.15) is 0 Å². The summed E-state index contributed by atoms with van der Waals surface area (Å²) < 4.78 is 0. The van der Waals surface area contributed by atoms with Gasteiger partial charge in [-0.1, -0.05) is 12.1 Å². The average Bonchev–Trinajstić information content (AvgIpc) is 2.40. The summed E-state index contributed by atoms with van der Waals surface area (Å²) in [5.74, 6) is -0.0959. The Hall–Kier alpha value is -1.04. The zero-order valence-electron chi connectivity index (χ0n) is 12.6. The van der Waals surface area contributed by atoms with Crippen LogP contribution in [0.2, 0.25) is 0 Å². The smallest absolute Gasteiger partial charge is 0.251 e. The number of amides is 1. The molecule has 0 spiro atoms. The van der Waals surface area contributed by atoms with E-state index in [1.165, 1.54) is 5.56 Å². The molecule has 1 rings (SSSR count). The molecular formula is C15H24N2O2S. The monoisotopic (exact) mass is 296 g/mol. The first-order valence-electron chi connectivity index (χ1n) is 6.66. The quantitative estimate of drug-likeness (QED) is 0.802. The predicted octanol–water partition coefficient (Wildman–Crippen LogP) is 1.59. The van der Waals surface area contributed by atoms with Crippen LogP contribution < -0.4 is 5.32 Å². The minimum Gasteiger partial charge on any atom is -0.395 e. The van der Waals surface area contributed by atoms with Crippen LogP contribution in [0.1, 0.15) is 22.8 Å². The number of aliphatic hydroxyl groups excluding tert-OH is 1. The minimum atomic E-state index is -0.0959. The van der Waals surface area contributed by atoms with Crippen LogP contribution in [0.15, 0.2) is 24.3 Å². The van der Waals surface area contributed by atoms with Crippen molar-refractivity contribution in [3.8, 4) is 0 Å². The Balaban J connectivity index is 2.63. The summed E-state index contributed by atoms with van der Waals surface area (Å²) in [4.78, 5) is 14.2. The fourth-order valence-corrected chi connectivity index (χ4v) is 2.57. The van der Waals surface area contributed by atoms with Crippen LogP contribution in [0.4, 0.5) is 0 Å². The van der Waals surface area contributed by atoms with Crippen LogP contribution in [0.3, 0.4) is 0 Å². The number of rotatable bonds is 7. The lowest BCUT2D eigenvalue weighted by Gasteiger charge is -2.21. The van der Waals surface area contributed by atoms with E-state index in [2.05, 4.69) is 10.2 Å². The molecule has 0 saturated heterocycles. The first kappa shape index (κ1) is 17.0. The first-order valence-corrected chi connectivity index (χ1v) is 7.95. The predicted molar refractivity (Wildman–Crippen MR) is 85.2 cm³/mol. The summed E-state index contributed by atoms with van der Waals surface area (Å²) in [5.41, 5.74) is 1.83. The highest BCUT2D eigenvalue weighted by Crippen LogP contribution is 2.12. The van der Waals surface area contributed by atoms with Gasteiger partial charge in [0.2, 0.25) is 0 Å². The van der Waals surface area contributed by atoms with Gasteiger partial charge in [-0.15, -0.1) is 0 Å². The molecule has 1 aromatic rings. The zero-order valence-corrected chi connectivity index (χ0v) is 13.4. The number of nitrogens with one attached hydrogen (secondary N) is 1. The average molecular weight is 296 g/mol. The van der Waals surface area contributed by atoms with Crippen LogP contribution >= 0.6 is 11.8 Å². The van der Waals surface area contributed by atoms with Gasteiger partial charge < -0.3 is 15.3 Å². The second kappa shape index (κ2) is 8.29. The molecule has 2 atom stereocenters. The lowest BCUT2D eigenvalue weighted by Crippen LogP contribution is -2.41. The van der Waals surface area contributed by atoms with E-state index in [4.69, 9.17) is 0 Å². The van der Waals surface area contributed by atoms with Gasteiger partial charge in [0.15, 0.2) is 0 Å². The lowest BCUT2D eigenvalue weighted by atomic mass is 10.1. The summed E-state index contributed by atoms with van der Waals surface area (Å²) in [6.07, 6.45) is 1.93. The van der Waals surface area contributed by atoms with Gasteiger partial charge in [-0.25, -0.2) is 0 Å². The molecule has 1 aromatic carbocycles. The highest BCUT2D eigenvalue weighted by molar-refractivity contribution is 7.99. The molecule has 0 saturated carbocycles. The molecule has 1 amide bonds. The summed E-state index contributed by atoms with van der Waals surface area (Å²) >= 11 is 1.55. The number of nitrogens with zero attached hydrogens (tertiary/aromatic N) is 1. The Kier molecular flexibility index (Phi) is 7.05. The molecule has 0 aliphatic carbocycles. The first-order chi connectivity index (χ1) is 9.47. The van der Waals surface area contributed by atoms with Crippen molar-refractivity contribution in [3.05, 3.63) is 35.4 Å². The number of hydrogen-bond donors (Lipinski definition) is 2. The van der Waals surface area contributed by atoms with Gasteiger partial charge >= 0.3 is 0 Å². The number of hydrogen-bond acceptors (Lipinski definition) is 4. The molecule has 5 heteroatoms. The summed E-state index contributed by atoms with van der Waals surface area (Å²) in [6, 6.07) is 7.56. The van der Waals surface area contributed by atoms with Gasteiger partial charge in [0, 0.05) is 23.4 Å². The van der Waals surface area contributed by atoms with Crippen molar-refractivity contribution < 1.29 is 9.90 Å². The normalized spacial score (nSPS) is 14.1. The van der Waals surface area contributed by atoms with Crippen molar-refractivity contribution in [2.24, 2.45) is 0 Å². The lowest BCUT2D eigenvalue weighted by molar-refractivity contribution is 0.0936. The van der Waals surface area contributed by atoms with Crippen LogP contribution in [0.25, 0.3) is 0 Å². The van der Waals surface area contributed by atoms with E-state index < -0.39 is 0 Å². The van der Waals surface area contributed by atoms with Crippen LogP contribution in [-0.2, 0) is 6.54 Å². The van der Waals surface area contributed by atoms with Gasteiger partial charge in [0.25, 0.3) is 5.91 Å². The Morgan fingerprint density at radius 2 is 1.95 bits per heavy atom. The summed E-state index contributed by atoms with van der Waals surface area (Å²) in [7, 11) is 4.03. The fraction of sp³-hybridized carbons (Fsp3) is 0.533. The van der Waals surface area contributed by atoms with Crippen molar-refractivity contribution >= 4 is 17.7 Å². The maximum absolute atomic E-state index is 12.1. The van der Waals surface area contributed by atoms with Crippen molar-refractivity contribution in [2.45, 2.75) is 24.8 Å². The Labute approximate surface area is 125 Å². The van der Waals surface area contributed by atoms with E-state index in [1.807, 2.05) is 51.5 Å². The van der Waals surface area contributed by atoms with E-state index in [-0.39, 0.29) is 23.8 Å². The van der Waals surface area contributed by atoms with Gasteiger partial charge in [-0.05, 0) is 45.0 Å². The zero-order chi connectivity index (χ0) is 15.1. The number of thioether (sulfide) groups is 1. The van der Waals surface area contributed by atoms with E-state index in [9.17, 15) is 9.90 Å². The molecular weight excluding hydrogens is 272 g/mol. The number of benzene rings is 1. The molecule has 20 heavy (non-hydrogen) atoms. The Morgan fingerprint density at radius 1 is 1.35 bits per heavy atom. The molecule has 0 aliphatic rings. The SMILES string of the molecule is CSC(CO)C(C)NC(=O)c1ccc(CN(C)C)cc1. The molecule has 0 radical (unpaired) electrons. The molecule has 0 heterocycles. The Morgan fingerprint density at radius 3 is 2.40 bits per heavy atom. The minimum absolute atomic E-state index is 0.0203.